The van der Waals surface area contributed by atoms with Gasteiger partial charge in [0, 0.05) is 6.07 Å². The van der Waals surface area contributed by atoms with E-state index in [9.17, 15) is 18.5 Å². The SMILES string of the molecule is N#Cc1cccc(CS(=O)(=O)c2ccccc2[N+](=O)[O-])c1. The second-order valence-electron chi connectivity index (χ2n) is 4.30. The molecule has 0 saturated heterocycles. The number of para-hydroxylation sites is 1. The van der Waals surface area contributed by atoms with Crippen LogP contribution >= 0.6 is 0 Å². The molecule has 0 spiro atoms. The van der Waals surface area contributed by atoms with Crippen LogP contribution in [-0.4, -0.2) is 13.3 Å². The fourth-order valence-corrected chi connectivity index (χ4v) is 3.42. The first-order valence-electron chi connectivity index (χ1n) is 5.89. The topological polar surface area (TPSA) is 101 Å². The Balaban J connectivity index is 2.44. The van der Waals surface area contributed by atoms with Gasteiger partial charge in [0.25, 0.3) is 5.69 Å². The average molecular weight is 302 g/mol. The van der Waals surface area contributed by atoms with Crippen LogP contribution in [0.3, 0.4) is 0 Å². The minimum atomic E-state index is -3.87. The second kappa shape index (κ2) is 5.73. The minimum absolute atomic E-state index is 0.322. The molecular formula is C14H10N2O4S. The Kier molecular flexibility index (Phi) is 4.00. The monoisotopic (exact) mass is 302 g/mol. The number of hydrogen-bond donors (Lipinski definition) is 0. The second-order valence-corrected chi connectivity index (χ2v) is 6.25. The number of rotatable bonds is 4. The van der Waals surface area contributed by atoms with E-state index in [0.717, 1.165) is 6.07 Å². The molecule has 0 aliphatic carbocycles. The van der Waals surface area contributed by atoms with E-state index in [1.54, 1.807) is 18.2 Å². The van der Waals surface area contributed by atoms with Crippen LogP contribution in [0.15, 0.2) is 53.4 Å². The van der Waals surface area contributed by atoms with Gasteiger partial charge >= 0.3 is 0 Å². The normalized spacial score (nSPS) is 10.8. The molecule has 0 N–H and O–H groups in total. The number of nitrogens with zero attached hydrogens (tertiary/aromatic N) is 2. The summed E-state index contributed by atoms with van der Waals surface area (Å²) in [5.74, 6) is -0.395. The Bertz CT molecular complexity index is 838. The summed E-state index contributed by atoms with van der Waals surface area (Å²) in [4.78, 5) is 9.87. The van der Waals surface area contributed by atoms with Gasteiger partial charge in [-0.15, -0.1) is 0 Å². The fourth-order valence-electron chi connectivity index (χ4n) is 1.90. The molecule has 0 saturated carbocycles. The van der Waals surface area contributed by atoms with Crippen LogP contribution < -0.4 is 0 Å². The molecule has 7 heteroatoms. The molecule has 2 aromatic rings. The van der Waals surface area contributed by atoms with Gasteiger partial charge in [0.2, 0.25) is 0 Å². The van der Waals surface area contributed by atoms with Crippen molar-refractivity contribution >= 4 is 15.5 Å². The van der Waals surface area contributed by atoms with Crippen molar-refractivity contribution < 1.29 is 13.3 Å². The molecule has 2 rings (SSSR count). The maximum Gasteiger partial charge on any atom is 0.287 e. The largest absolute Gasteiger partial charge is 0.287 e. The average Bonchev–Trinajstić information content (AvgIpc) is 2.47. The number of sulfone groups is 1. The first-order chi connectivity index (χ1) is 9.94. The zero-order valence-corrected chi connectivity index (χ0v) is 11.6. The van der Waals surface area contributed by atoms with Crippen LogP contribution in [0.2, 0.25) is 0 Å². The molecule has 6 nitrogen and oxygen atoms in total. The summed E-state index contributed by atoms with van der Waals surface area (Å²) < 4.78 is 24.7. The lowest BCUT2D eigenvalue weighted by Gasteiger charge is -2.05. The summed E-state index contributed by atoms with van der Waals surface area (Å²) in [6.45, 7) is 0. The first-order valence-corrected chi connectivity index (χ1v) is 7.54. The van der Waals surface area contributed by atoms with Gasteiger partial charge in [-0.2, -0.15) is 5.26 Å². The number of benzene rings is 2. The van der Waals surface area contributed by atoms with E-state index in [1.165, 1.54) is 24.3 Å². The third kappa shape index (κ3) is 3.24. The lowest BCUT2D eigenvalue weighted by atomic mass is 10.2. The fraction of sp³-hybridized carbons (Fsp3) is 0.0714. The van der Waals surface area contributed by atoms with Gasteiger partial charge in [-0.3, -0.25) is 10.1 Å². The summed E-state index contributed by atoms with van der Waals surface area (Å²) in [5.41, 5.74) is 0.298. The maximum atomic E-state index is 12.3. The molecule has 0 bridgehead atoms. The molecule has 0 amide bonds. The molecular weight excluding hydrogens is 292 g/mol. The summed E-state index contributed by atoms with van der Waals surface area (Å²) in [6.07, 6.45) is 0. The van der Waals surface area contributed by atoms with Crippen molar-refractivity contribution in [1.82, 2.24) is 0 Å². The lowest BCUT2D eigenvalue weighted by Crippen LogP contribution is -2.08. The molecule has 0 atom stereocenters. The van der Waals surface area contributed by atoms with Crippen molar-refractivity contribution in [3.05, 3.63) is 69.8 Å². The Morgan fingerprint density at radius 3 is 2.52 bits per heavy atom. The van der Waals surface area contributed by atoms with E-state index in [4.69, 9.17) is 5.26 Å². The van der Waals surface area contributed by atoms with E-state index in [2.05, 4.69) is 0 Å². The van der Waals surface area contributed by atoms with Gasteiger partial charge in [-0.05, 0) is 23.8 Å². The molecule has 0 heterocycles. The molecule has 21 heavy (non-hydrogen) atoms. The number of nitriles is 1. The van der Waals surface area contributed by atoms with E-state index in [1.807, 2.05) is 6.07 Å². The Morgan fingerprint density at radius 1 is 1.14 bits per heavy atom. The van der Waals surface area contributed by atoms with Gasteiger partial charge in [0.1, 0.15) is 4.90 Å². The standard InChI is InChI=1S/C14H10N2O4S/c15-9-11-4-3-5-12(8-11)10-21(19,20)14-7-2-1-6-13(14)16(17)18/h1-8H,10H2. The zero-order chi connectivity index (χ0) is 15.5. The summed E-state index contributed by atoms with van der Waals surface area (Å²) in [6, 6.07) is 13.3. The Hall–Kier alpha value is -2.72. The van der Waals surface area contributed by atoms with Crippen LogP contribution in [-0.2, 0) is 15.6 Å². The van der Waals surface area contributed by atoms with Crippen molar-refractivity contribution in [2.45, 2.75) is 10.6 Å². The number of nitro groups is 1. The van der Waals surface area contributed by atoms with Crippen LogP contribution in [0, 0.1) is 21.4 Å². The molecule has 0 aromatic heterocycles. The van der Waals surface area contributed by atoms with Gasteiger partial charge in [0.05, 0.1) is 22.3 Å². The van der Waals surface area contributed by atoms with Gasteiger partial charge < -0.3 is 0 Å². The van der Waals surface area contributed by atoms with Gasteiger partial charge in [-0.25, -0.2) is 8.42 Å². The van der Waals surface area contributed by atoms with Crippen molar-refractivity contribution in [2.24, 2.45) is 0 Å². The quantitative estimate of drug-likeness (QED) is 0.637. The highest BCUT2D eigenvalue weighted by Gasteiger charge is 2.25. The van der Waals surface area contributed by atoms with E-state index >= 15 is 0 Å². The van der Waals surface area contributed by atoms with Crippen molar-refractivity contribution in [2.75, 3.05) is 0 Å². The maximum absolute atomic E-state index is 12.3. The molecule has 2 aromatic carbocycles. The van der Waals surface area contributed by atoms with E-state index in [-0.39, 0.29) is 4.90 Å². The lowest BCUT2D eigenvalue weighted by molar-refractivity contribution is -0.387. The van der Waals surface area contributed by atoms with Gasteiger partial charge in [-0.1, -0.05) is 24.3 Å². The highest BCUT2D eigenvalue weighted by Crippen LogP contribution is 2.26. The summed E-state index contributed by atoms with van der Waals surface area (Å²) in [5, 5.41) is 19.7. The van der Waals surface area contributed by atoms with Crippen LogP contribution in [0.1, 0.15) is 11.1 Å². The number of hydrogen-bond acceptors (Lipinski definition) is 5. The highest BCUT2D eigenvalue weighted by molar-refractivity contribution is 7.90. The smallest absolute Gasteiger partial charge is 0.258 e. The van der Waals surface area contributed by atoms with Crippen molar-refractivity contribution in [3.8, 4) is 6.07 Å². The van der Waals surface area contributed by atoms with Crippen molar-refractivity contribution in [1.29, 1.82) is 5.26 Å². The van der Waals surface area contributed by atoms with Crippen LogP contribution in [0.4, 0.5) is 5.69 Å². The third-order valence-electron chi connectivity index (χ3n) is 2.81. The minimum Gasteiger partial charge on any atom is -0.258 e. The molecule has 0 aliphatic rings. The first kappa shape index (κ1) is 14.7. The molecule has 0 unspecified atom stereocenters. The molecule has 0 radical (unpaired) electrons. The van der Waals surface area contributed by atoms with Gasteiger partial charge in [0.15, 0.2) is 9.84 Å². The van der Waals surface area contributed by atoms with E-state index in [0.29, 0.717) is 11.1 Å². The Morgan fingerprint density at radius 2 is 1.86 bits per heavy atom. The van der Waals surface area contributed by atoms with Crippen LogP contribution in [0.25, 0.3) is 0 Å². The highest BCUT2D eigenvalue weighted by atomic mass is 32.2. The predicted octanol–water partition coefficient (Wildman–Crippen LogP) is 2.44. The molecule has 106 valence electrons. The number of nitro benzene ring substituents is 1. The Labute approximate surface area is 121 Å². The zero-order valence-electron chi connectivity index (χ0n) is 10.8. The molecule has 0 aliphatic heterocycles. The predicted molar refractivity (Wildman–Crippen MR) is 75.1 cm³/mol. The van der Waals surface area contributed by atoms with Crippen LogP contribution in [0.5, 0.6) is 0 Å². The summed E-state index contributed by atoms with van der Waals surface area (Å²) >= 11 is 0. The molecule has 0 fully saturated rings. The summed E-state index contributed by atoms with van der Waals surface area (Å²) in [7, 11) is -3.87. The van der Waals surface area contributed by atoms with E-state index < -0.39 is 26.2 Å². The van der Waals surface area contributed by atoms with Crippen molar-refractivity contribution in [3.63, 3.8) is 0 Å². The third-order valence-corrected chi connectivity index (χ3v) is 4.54.